The fourth-order valence-electron chi connectivity index (χ4n) is 2.19. The van der Waals surface area contributed by atoms with E-state index in [0.717, 1.165) is 31.8 Å². The summed E-state index contributed by atoms with van der Waals surface area (Å²) in [6.07, 6.45) is 1.07. The summed E-state index contributed by atoms with van der Waals surface area (Å²) >= 11 is 1.96. The van der Waals surface area contributed by atoms with Crippen LogP contribution in [0.25, 0.3) is 0 Å². The fourth-order valence-corrected chi connectivity index (χ4v) is 3.29. The Kier molecular flexibility index (Phi) is 4.33. The van der Waals surface area contributed by atoms with Crippen molar-refractivity contribution < 1.29 is 9.53 Å². The van der Waals surface area contributed by atoms with Crippen LogP contribution in [-0.4, -0.2) is 60.2 Å². The van der Waals surface area contributed by atoms with Gasteiger partial charge in [-0.05, 0) is 6.42 Å². The molecule has 0 radical (unpaired) electrons. The first kappa shape index (κ1) is 13.2. The standard InChI is InChI=1S/C12H22N2O2S/c1-12(2)3-5-14(6-8-17-12)11(15)10-9-16-7-4-13-10/h10,13H,3-9H2,1-2H3. The molecule has 2 aliphatic heterocycles. The topological polar surface area (TPSA) is 41.6 Å². The zero-order valence-corrected chi connectivity index (χ0v) is 11.5. The van der Waals surface area contributed by atoms with E-state index < -0.39 is 0 Å². The predicted molar refractivity (Wildman–Crippen MR) is 70.3 cm³/mol. The van der Waals surface area contributed by atoms with Crippen molar-refractivity contribution in [3.8, 4) is 0 Å². The highest BCUT2D eigenvalue weighted by Crippen LogP contribution is 2.30. The Morgan fingerprint density at radius 2 is 2.29 bits per heavy atom. The molecule has 1 N–H and O–H groups in total. The molecule has 1 amide bonds. The quantitative estimate of drug-likeness (QED) is 0.752. The van der Waals surface area contributed by atoms with Gasteiger partial charge in [-0.1, -0.05) is 13.8 Å². The number of carbonyl (C=O) groups is 1. The van der Waals surface area contributed by atoms with Gasteiger partial charge in [0.2, 0.25) is 5.91 Å². The van der Waals surface area contributed by atoms with E-state index in [4.69, 9.17) is 4.74 Å². The van der Waals surface area contributed by atoms with E-state index in [9.17, 15) is 4.79 Å². The Labute approximate surface area is 107 Å². The van der Waals surface area contributed by atoms with E-state index in [2.05, 4.69) is 19.2 Å². The normalized spacial score (nSPS) is 29.8. The Morgan fingerprint density at radius 3 is 3.00 bits per heavy atom. The minimum Gasteiger partial charge on any atom is -0.378 e. The molecule has 0 aromatic heterocycles. The molecule has 0 aliphatic carbocycles. The molecule has 0 aromatic rings. The zero-order valence-electron chi connectivity index (χ0n) is 10.7. The lowest BCUT2D eigenvalue weighted by atomic mass is 10.1. The van der Waals surface area contributed by atoms with Crippen LogP contribution in [0.5, 0.6) is 0 Å². The van der Waals surface area contributed by atoms with Crippen LogP contribution >= 0.6 is 11.8 Å². The number of nitrogens with one attached hydrogen (secondary N) is 1. The average molecular weight is 258 g/mol. The third-order valence-electron chi connectivity index (χ3n) is 3.37. The van der Waals surface area contributed by atoms with Crippen LogP contribution in [0.4, 0.5) is 0 Å². The number of thioether (sulfide) groups is 1. The van der Waals surface area contributed by atoms with E-state index in [1.54, 1.807) is 0 Å². The zero-order chi connectivity index (χ0) is 12.3. The van der Waals surface area contributed by atoms with Crippen molar-refractivity contribution in [2.75, 3.05) is 38.6 Å². The Balaban J connectivity index is 1.90. The first-order valence-electron chi connectivity index (χ1n) is 6.32. The second kappa shape index (κ2) is 5.59. The molecule has 2 rings (SSSR count). The molecule has 0 aromatic carbocycles. The summed E-state index contributed by atoms with van der Waals surface area (Å²) in [4.78, 5) is 14.3. The fraction of sp³-hybridized carbons (Fsp3) is 0.917. The van der Waals surface area contributed by atoms with Gasteiger partial charge in [0.1, 0.15) is 6.04 Å². The number of amides is 1. The minimum absolute atomic E-state index is 0.130. The first-order chi connectivity index (χ1) is 8.08. The van der Waals surface area contributed by atoms with Crippen molar-refractivity contribution in [2.45, 2.75) is 31.1 Å². The third kappa shape index (κ3) is 3.60. The lowest BCUT2D eigenvalue weighted by Crippen LogP contribution is -2.53. The predicted octanol–water partition coefficient (Wildman–Crippen LogP) is 0.719. The van der Waals surface area contributed by atoms with E-state index in [1.807, 2.05) is 16.7 Å². The van der Waals surface area contributed by atoms with Crippen LogP contribution in [0.2, 0.25) is 0 Å². The van der Waals surface area contributed by atoms with Crippen LogP contribution in [0.1, 0.15) is 20.3 Å². The molecule has 2 fully saturated rings. The molecule has 98 valence electrons. The van der Waals surface area contributed by atoms with Gasteiger partial charge in [-0.2, -0.15) is 11.8 Å². The number of rotatable bonds is 1. The van der Waals surface area contributed by atoms with Gasteiger partial charge in [-0.3, -0.25) is 4.79 Å². The van der Waals surface area contributed by atoms with E-state index in [1.165, 1.54) is 0 Å². The van der Waals surface area contributed by atoms with Crippen LogP contribution < -0.4 is 5.32 Å². The maximum atomic E-state index is 12.3. The molecule has 17 heavy (non-hydrogen) atoms. The maximum absolute atomic E-state index is 12.3. The van der Waals surface area contributed by atoms with Crippen molar-refractivity contribution in [1.29, 1.82) is 0 Å². The summed E-state index contributed by atoms with van der Waals surface area (Å²) in [5.41, 5.74) is 0. The van der Waals surface area contributed by atoms with Gasteiger partial charge in [0.25, 0.3) is 0 Å². The van der Waals surface area contributed by atoms with E-state index in [-0.39, 0.29) is 11.9 Å². The van der Waals surface area contributed by atoms with Gasteiger partial charge < -0.3 is 15.0 Å². The molecule has 2 heterocycles. The van der Waals surface area contributed by atoms with Crippen molar-refractivity contribution in [3.05, 3.63) is 0 Å². The second-order valence-corrected chi connectivity index (χ2v) is 7.07. The van der Waals surface area contributed by atoms with Gasteiger partial charge >= 0.3 is 0 Å². The maximum Gasteiger partial charge on any atom is 0.242 e. The van der Waals surface area contributed by atoms with Gasteiger partial charge in [0.15, 0.2) is 0 Å². The smallest absolute Gasteiger partial charge is 0.242 e. The minimum atomic E-state index is -0.130. The molecular weight excluding hydrogens is 236 g/mol. The first-order valence-corrected chi connectivity index (χ1v) is 7.31. The Bertz CT molecular complexity index is 278. The number of hydrogen-bond acceptors (Lipinski definition) is 4. The molecule has 0 bridgehead atoms. The van der Waals surface area contributed by atoms with Crippen molar-refractivity contribution in [2.24, 2.45) is 0 Å². The monoisotopic (exact) mass is 258 g/mol. The number of ether oxygens (including phenoxy) is 1. The van der Waals surface area contributed by atoms with Crippen LogP contribution in [-0.2, 0) is 9.53 Å². The van der Waals surface area contributed by atoms with Crippen LogP contribution in [0.15, 0.2) is 0 Å². The van der Waals surface area contributed by atoms with Gasteiger partial charge in [-0.25, -0.2) is 0 Å². The number of morpholine rings is 1. The van der Waals surface area contributed by atoms with E-state index >= 15 is 0 Å². The van der Waals surface area contributed by atoms with Gasteiger partial charge in [0, 0.05) is 30.1 Å². The van der Waals surface area contributed by atoms with E-state index in [0.29, 0.717) is 18.0 Å². The summed E-state index contributed by atoms with van der Waals surface area (Å²) in [5, 5.41) is 3.23. The second-order valence-electron chi connectivity index (χ2n) is 5.27. The number of nitrogens with zero attached hydrogens (tertiary/aromatic N) is 1. The molecule has 0 spiro atoms. The molecule has 1 unspecified atom stereocenters. The lowest BCUT2D eigenvalue weighted by molar-refractivity contribution is -0.136. The summed E-state index contributed by atoms with van der Waals surface area (Å²) in [5.74, 6) is 1.25. The summed E-state index contributed by atoms with van der Waals surface area (Å²) in [6.45, 7) is 8.27. The highest BCUT2D eigenvalue weighted by molar-refractivity contribution is 8.00. The molecule has 2 aliphatic rings. The molecule has 0 saturated carbocycles. The Hall–Kier alpha value is -0.260. The SMILES string of the molecule is CC1(C)CCN(C(=O)C2COCCN2)CCS1. The highest BCUT2D eigenvalue weighted by Gasteiger charge is 2.30. The van der Waals surface area contributed by atoms with Gasteiger partial charge in [-0.15, -0.1) is 0 Å². The lowest BCUT2D eigenvalue weighted by Gasteiger charge is -2.29. The van der Waals surface area contributed by atoms with Crippen molar-refractivity contribution in [3.63, 3.8) is 0 Å². The summed E-state index contributed by atoms with van der Waals surface area (Å²) in [6, 6.07) is -0.130. The Morgan fingerprint density at radius 1 is 1.47 bits per heavy atom. The summed E-state index contributed by atoms with van der Waals surface area (Å²) in [7, 11) is 0. The number of hydrogen-bond donors (Lipinski definition) is 1. The molecule has 4 nitrogen and oxygen atoms in total. The van der Waals surface area contributed by atoms with Crippen LogP contribution in [0.3, 0.4) is 0 Å². The largest absolute Gasteiger partial charge is 0.378 e. The molecule has 5 heteroatoms. The van der Waals surface area contributed by atoms with Crippen LogP contribution in [0, 0.1) is 0 Å². The molecule has 1 atom stereocenters. The third-order valence-corrected chi connectivity index (χ3v) is 4.74. The molecule has 2 saturated heterocycles. The van der Waals surface area contributed by atoms with Crippen molar-refractivity contribution >= 4 is 17.7 Å². The summed E-state index contributed by atoms with van der Waals surface area (Å²) < 4.78 is 5.65. The average Bonchev–Trinajstić information content (AvgIpc) is 2.50. The molecular formula is C12H22N2O2S. The van der Waals surface area contributed by atoms with Gasteiger partial charge in [0.05, 0.1) is 13.2 Å². The number of carbonyl (C=O) groups excluding carboxylic acids is 1. The highest BCUT2D eigenvalue weighted by atomic mass is 32.2. The van der Waals surface area contributed by atoms with Crippen molar-refractivity contribution in [1.82, 2.24) is 10.2 Å².